The third kappa shape index (κ3) is 3.06. The van der Waals surface area contributed by atoms with E-state index >= 15 is 0 Å². The minimum atomic E-state index is -0.323. The van der Waals surface area contributed by atoms with Crippen LogP contribution in [0.1, 0.15) is 57.6 Å². The van der Waals surface area contributed by atoms with E-state index < -0.39 is 0 Å². The number of rotatable bonds is 3. The topological polar surface area (TPSA) is 63.4 Å². The molecule has 2 amide bonds. The van der Waals surface area contributed by atoms with Gasteiger partial charge in [0.15, 0.2) is 0 Å². The molecular weight excluding hydrogens is 300 g/mol. The van der Waals surface area contributed by atoms with E-state index in [0.717, 1.165) is 18.4 Å². The maximum atomic E-state index is 13.1. The number of hydrogen-bond donors (Lipinski definition) is 1. The molecule has 0 unspecified atom stereocenters. The summed E-state index contributed by atoms with van der Waals surface area (Å²) in [5, 5.41) is 0. The number of amides is 2. The van der Waals surface area contributed by atoms with E-state index in [1.54, 1.807) is 0 Å². The molecule has 1 aromatic rings. The zero-order valence-corrected chi connectivity index (χ0v) is 15.0. The lowest BCUT2D eigenvalue weighted by molar-refractivity contribution is -0.137. The Morgan fingerprint density at radius 3 is 2.04 bits per heavy atom. The van der Waals surface area contributed by atoms with Crippen LogP contribution < -0.4 is 5.73 Å². The first-order valence-electron chi connectivity index (χ1n) is 8.94. The van der Waals surface area contributed by atoms with Crippen molar-refractivity contribution >= 4 is 11.8 Å². The molecule has 1 aliphatic heterocycles. The van der Waals surface area contributed by atoms with Gasteiger partial charge >= 0.3 is 0 Å². The highest BCUT2D eigenvalue weighted by atomic mass is 16.2. The van der Waals surface area contributed by atoms with Gasteiger partial charge in [-0.3, -0.25) is 9.59 Å². The van der Waals surface area contributed by atoms with Gasteiger partial charge < -0.3 is 10.6 Å². The van der Waals surface area contributed by atoms with Crippen LogP contribution in [0.4, 0.5) is 0 Å². The summed E-state index contributed by atoms with van der Waals surface area (Å²) < 4.78 is 0. The van der Waals surface area contributed by atoms with Crippen molar-refractivity contribution in [3.05, 3.63) is 35.4 Å². The highest BCUT2D eigenvalue weighted by Crippen LogP contribution is 2.50. The number of carbonyl (C=O) groups excluding carboxylic acids is 2. The van der Waals surface area contributed by atoms with E-state index in [1.165, 1.54) is 5.56 Å². The molecule has 4 heteroatoms. The highest BCUT2D eigenvalue weighted by molar-refractivity contribution is 5.91. The van der Waals surface area contributed by atoms with Crippen LogP contribution in [-0.4, -0.2) is 29.8 Å². The van der Waals surface area contributed by atoms with Crippen LogP contribution in [0.15, 0.2) is 24.3 Å². The predicted octanol–water partition coefficient (Wildman–Crippen LogP) is 2.74. The van der Waals surface area contributed by atoms with E-state index in [9.17, 15) is 9.59 Å². The molecule has 2 N–H and O–H groups in total. The van der Waals surface area contributed by atoms with Gasteiger partial charge in [0.1, 0.15) is 0 Å². The van der Waals surface area contributed by atoms with Gasteiger partial charge in [-0.05, 0) is 42.2 Å². The molecule has 1 aliphatic carbocycles. The molecule has 0 aromatic heterocycles. The average Bonchev–Trinajstić information content (AvgIpc) is 3.35. The summed E-state index contributed by atoms with van der Waals surface area (Å²) in [4.78, 5) is 26.3. The number of piperidine rings is 1. The van der Waals surface area contributed by atoms with Crippen molar-refractivity contribution in [1.29, 1.82) is 0 Å². The molecule has 3 rings (SSSR count). The summed E-state index contributed by atoms with van der Waals surface area (Å²) in [5.74, 6) is -0.0785. The third-order valence-electron chi connectivity index (χ3n) is 5.65. The summed E-state index contributed by atoms with van der Waals surface area (Å²) in [5.41, 5.74) is 7.61. The van der Waals surface area contributed by atoms with Crippen LogP contribution in [-0.2, 0) is 20.4 Å². The van der Waals surface area contributed by atoms with Crippen molar-refractivity contribution in [2.75, 3.05) is 13.1 Å². The summed E-state index contributed by atoms with van der Waals surface area (Å²) in [7, 11) is 0. The highest BCUT2D eigenvalue weighted by Gasteiger charge is 2.53. The van der Waals surface area contributed by atoms with Crippen LogP contribution in [0.3, 0.4) is 0 Å². The van der Waals surface area contributed by atoms with Crippen molar-refractivity contribution in [3.63, 3.8) is 0 Å². The number of likely N-dealkylation sites (tertiary alicyclic amines) is 1. The predicted molar refractivity (Wildman–Crippen MR) is 94.6 cm³/mol. The van der Waals surface area contributed by atoms with Crippen molar-refractivity contribution in [2.45, 2.75) is 57.3 Å². The van der Waals surface area contributed by atoms with Gasteiger partial charge in [0.25, 0.3) is 0 Å². The quantitative estimate of drug-likeness (QED) is 0.927. The number of primary amides is 1. The Labute approximate surface area is 144 Å². The van der Waals surface area contributed by atoms with E-state index in [2.05, 4.69) is 45.0 Å². The van der Waals surface area contributed by atoms with E-state index in [1.807, 2.05) is 4.90 Å². The molecule has 0 radical (unpaired) electrons. The monoisotopic (exact) mass is 328 g/mol. The second kappa shape index (κ2) is 5.91. The smallest absolute Gasteiger partial charge is 0.233 e. The SMILES string of the molecule is CC(C)(C)c1ccc(C2(C(=O)N3CCC(C(N)=O)CC3)CC2)cc1. The summed E-state index contributed by atoms with van der Waals surface area (Å²) in [6.45, 7) is 7.89. The minimum Gasteiger partial charge on any atom is -0.369 e. The van der Waals surface area contributed by atoms with E-state index in [0.29, 0.717) is 25.9 Å². The maximum absolute atomic E-state index is 13.1. The van der Waals surface area contributed by atoms with Crippen LogP contribution in [0.25, 0.3) is 0 Å². The largest absolute Gasteiger partial charge is 0.369 e. The molecule has 1 saturated heterocycles. The van der Waals surface area contributed by atoms with Gasteiger partial charge in [-0.15, -0.1) is 0 Å². The minimum absolute atomic E-state index is 0.0738. The molecule has 0 spiro atoms. The molecule has 1 aromatic carbocycles. The number of nitrogens with two attached hydrogens (primary N) is 1. The lowest BCUT2D eigenvalue weighted by atomic mass is 9.84. The Kier molecular flexibility index (Phi) is 4.18. The molecular formula is C20H28N2O2. The number of hydrogen-bond acceptors (Lipinski definition) is 2. The first-order chi connectivity index (χ1) is 11.2. The fourth-order valence-electron chi connectivity index (χ4n) is 3.71. The summed E-state index contributed by atoms with van der Waals surface area (Å²) in [6, 6.07) is 8.56. The Morgan fingerprint density at radius 1 is 1.08 bits per heavy atom. The number of carbonyl (C=O) groups is 2. The standard InChI is InChI=1S/C20H28N2O2/c1-19(2,3)15-4-6-16(7-5-15)20(10-11-20)18(24)22-12-8-14(9-13-22)17(21)23/h4-7,14H,8-13H2,1-3H3,(H2,21,23). The fourth-order valence-corrected chi connectivity index (χ4v) is 3.71. The Bertz CT molecular complexity index is 631. The first-order valence-corrected chi connectivity index (χ1v) is 8.94. The first kappa shape index (κ1) is 17.0. The normalized spacial score (nSPS) is 20.7. The molecule has 1 heterocycles. The van der Waals surface area contributed by atoms with Crippen molar-refractivity contribution in [2.24, 2.45) is 11.7 Å². The van der Waals surface area contributed by atoms with Crippen LogP contribution in [0.2, 0.25) is 0 Å². The van der Waals surface area contributed by atoms with Gasteiger partial charge in [0.2, 0.25) is 11.8 Å². The molecule has 4 nitrogen and oxygen atoms in total. The lowest BCUT2D eigenvalue weighted by Gasteiger charge is -2.33. The molecule has 2 fully saturated rings. The number of benzene rings is 1. The van der Waals surface area contributed by atoms with Gasteiger partial charge in [0.05, 0.1) is 5.41 Å². The maximum Gasteiger partial charge on any atom is 0.233 e. The Balaban J connectivity index is 1.72. The van der Waals surface area contributed by atoms with E-state index in [4.69, 9.17) is 5.73 Å². The number of nitrogens with zero attached hydrogens (tertiary/aromatic N) is 1. The Morgan fingerprint density at radius 2 is 1.62 bits per heavy atom. The fraction of sp³-hybridized carbons (Fsp3) is 0.600. The molecule has 24 heavy (non-hydrogen) atoms. The van der Waals surface area contributed by atoms with Gasteiger partial charge in [-0.25, -0.2) is 0 Å². The zero-order valence-electron chi connectivity index (χ0n) is 15.0. The second-order valence-corrected chi connectivity index (χ2v) is 8.38. The Hall–Kier alpha value is -1.84. The summed E-state index contributed by atoms with van der Waals surface area (Å²) >= 11 is 0. The third-order valence-corrected chi connectivity index (χ3v) is 5.65. The second-order valence-electron chi connectivity index (χ2n) is 8.38. The van der Waals surface area contributed by atoms with Crippen molar-refractivity contribution in [1.82, 2.24) is 4.90 Å². The van der Waals surface area contributed by atoms with Crippen LogP contribution in [0, 0.1) is 5.92 Å². The van der Waals surface area contributed by atoms with E-state index in [-0.39, 0.29) is 28.6 Å². The van der Waals surface area contributed by atoms with Crippen molar-refractivity contribution in [3.8, 4) is 0 Å². The average molecular weight is 328 g/mol. The lowest BCUT2D eigenvalue weighted by Crippen LogP contribution is -2.45. The zero-order chi connectivity index (χ0) is 17.5. The van der Waals surface area contributed by atoms with Gasteiger partial charge in [-0.1, -0.05) is 45.0 Å². The van der Waals surface area contributed by atoms with Gasteiger partial charge in [0, 0.05) is 19.0 Å². The molecule has 0 bridgehead atoms. The summed E-state index contributed by atoms with van der Waals surface area (Å²) in [6.07, 6.45) is 3.24. The molecule has 2 aliphatic rings. The van der Waals surface area contributed by atoms with Crippen molar-refractivity contribution < 1.29 is 9.59 Å². The molecule has 0 atom stereocenters. The van der Waals surface area contributed by atoms with Crippen LogP contribution in [0.5, 0.6) is 0 Å². The molecule has 130 valence electrons. The molecule has 1 saturated carbocycles. The van der Waals surface area contributed by atoms with Crippen LogP contribution >= 0.6 is 0 Å². The van der Waals surface area contributed by atoms with Gasteiger partial charge in [-0.2, -0.15) is 0 Å².